The average molecular weight is 215 g/mol. The van der Waals surface area contributed by atoms with E-state index < -0.39 is 17.5 Å². The largest absolute Gasteiger partial charge is 0.327 e. The molecule has 1 unspecified atom stereocenters. The van der Waals surface area contributed by atoms with E-state index in [4.69, 9.17) is 5.73 Å². The van der Waals surface area contributed by atoms with E-state index in [1.54, 1.807) is 6.08 Å². The summed E-state index contributed by atoms with van der Waals surface area (Å²) in [6.45, 7) is 3.49. The Labute approximate surface area is 86.4 Å². The molecule has 0 spiro atoms. The van der Waals surface area contributed by atoms with E-state index in [1.807, 2.05) is 0 Å². The molecule has 1 aromatic rings. The zero-order valence-corrected chi connectivity index (χ0v) is 8.14. The molecule has 0 radical (unpaired) electrons. The summed E-state index contributed by atoms with van der Waals surface area (Å²) in [5, 5.41) is 0. The number of nitrogens with two attached hydrogens (primary N) is 1. The SMILES string of the molecule is C=CCC(N)Cc1cc(F)c(F)cc1F. The standard InChI is InChI=1S/C11H12F3N/c1-2-3-8(15)4-7-5-10(13)11(14)6-9(7)12/h2,5-6,8H,1,3-4,15H2. The smallest absolute Gasteiger partial charge is 0.161 e. The second kappa shape index (κ2) is 4.98. The minimum atomic E-state index is -1.19. The molecule has 0 heterocycles. The molecule has 0 aliphatic rings. The van der Waals surface area contributed by atoms with Crippen LogP contribution >= 0.6 is 0 Å². The molecule has 0 aliphatic carbocycles. The lowest BCUT2D eigenvalue weighted by atomic mass is 10.0. The zero-order chi connectivity index (χ0) is 11.4. The number of hydrogen-bond acceptors (Lipinski definition) is 1. The lowest BCUT2D eigenvalue weighted by Crippen LogP contribution is -2.22. The van der Waals surface area contributed by atoms with E-state index in [0.29, 0.717) is 12.5 Å². The Kier molecular flexibility index (Phi) is 3.91. The summed E-state index contributed by atoms with van der Waals surface area (Å²) in [6, 6.07) is 1.04. The van der Waals surface area contributed by atoms with Gasteiger partial charge in [-0.2, -0.15) is 0 Å². The van der Waals surface area contributed by atoms with Crippen molar-refractivity contribution in [1.82, 2.24) is 0 Å². The van der Waals surface area contributed by atoms with Crippen molar-refractivity contribution in [3.8, 4) is 0 Å². The first kappa shape index (κ1) is 11.8. The summed E-state index contributed by atoms with van der Waals surface area (Å²) in [6.07, 6.45) is 2.26. The van der Waals surface area contributed by atoms with Crippen LogP contribution in [0.25, 0.3) is 0 Å². The first-order valence-electron chi connectivity index (χ1n) is 4.54. The lowest BCUT2D eigenvalue weighted by molar-refractivity contribution is 0.487. The van der Waals surface area contributed by atoms with Crippen LogP contribution in [0.15, 0.2) is 24.8 Å². The van der Waals surface area contributed by atoms with Crippen LogP contribution < -0.4 is 5.73 Å². The Morgan fingerprint density at radius 2 is 1.80 bits per heavy atom. The molecule has 82 valence electrons. The van der Waals surface area contributed by atoms with Crippen molar-refractivity contribution in [2.24, 2.45) is 5.73 Å². The molecule has 2 N–H and O–H groups in total. The van der Waals surface area contributed by atoms with E-state index in [2.05, 4.69) is 6.58 Å². The monoisotopic (exact) mass is 215 g/mol. The zero-order valence-electron chi connectivity index (χ0n) is 8.14. The van der Waals surface area contributed by atoms with Gasteiger partial charge in [0.2, 0.25) is 0 Å². The van der Waals surface area contributed by atoms with Crippen LogP contribution in [0.5, 0.6) is 0 Å². The summed E-state index contributed by atoms with van der Waals surface area (Å²) in [4.78, 5) is 0. The third-order valence-corrected chi connectivity index (χ3v) is 2.04. The van der Waals surface area contributed by atoms with Crippen molar-refractivity contribution >= 4 is 0 Å². The fourth-order valence-corrected chi connectivity index (χ4v) is 1.30. The van der Waals surface area contributed by atoms with Crippen LogP contribution in [0.2, 0.25) is 0 Å². The highest BCUT2D eigenvalue weighted by Crippen LogP contribution is 2.15. The van der Waals surface area contributed by atoms with Crippen molar-refractivity contribution in [3.63, 3.8) is 0 Å². The third-order valence-electron chi connectivity index (χ3n) is 2.04. The number of rotatable bonds is 4. The Balaban J connectivity index is 2.85. The molecule has 0 aromatic heterocycles. The molecule has 15 heavy (non-hydrogen) atoms. The molecule has 0 saturated carbocycles. The molecular weight excluding hydrogens is 203 g/mol. The molecule has 0 amide bonds. The Morgan fingerprint density at radius 3 is 2.40 bits per heavy atom. The maximum Gasteiger partial charge on any atom is 0.161 e. The Morgan fingerprint density at radius 1 is 1.20 bits per heavy atom. The average Bonchev–Trinajstić information content (AvgIpc) is 2.14. The van der Waals surface area contributed by atoms with Gasteiger partial charge in [-0.3, -0.25) is 0 Å². The molecule has 1 atom stereocenters. The maximum absolute atomic E-state index is 13.1. The predicted octanol–water partition coefficient (Wildman–Crippen LogP) is 2.55. The van der Waals surface area contributed by atoms with Gasteiger partial charge in [-0.05, 0) is 24.5 Å². The lowest BCUT2D eigenvalue weighted by Gasteiger charge is -2.10. The highest BCUT2D eigenvalue weighted by atomic mass is 19.2. The maximum atomic E-state index is 13.1. The molecule has 0 fully saturated rings. The van der Waals surface area contributed by atoms with E-state index in [-0.39, 0.29) is 18.0 Å². The number of halogens is 3. The van der Waals surface area contributed by atoms with Gasteiger partial charge >= 0.3 is 0 Å². The van der Waals surface area contributed by atoms with Crippen LogP contribution in [0, 0.1) is 17.5 Å². The minimum Gasteiger partial charge on any atom is -0.327 e. The van der Waals surface area contributed by atoms with Crippen LogP contribution in [-0.2, 0) is 6.42 Å². The van der Waals surface area contributed by atoms with Gasteiger partial charge in [0.1, 0.15) is 5.82 Å². The van der Waals surface area contributed by atoms with Crippen molar-refractivity contribution < 1.29 is 13.2 Å². The Hall–Kier alpha value is -1.29. The topological polar surface area (TPSA) is 26.0 Å². The summed E-state index contributed by atoms with van der Waals surface area (Å²) >= 11 is 0. The second-order valence-corrected chi connectivity index (χ2v) is 3.35. The molecule has 4 heteroatoms. The highest BCUT2D eigenvalue weighted by Gasteiger charge is 2.12. The summed E-state index contributed by atoms with van der Waals surface area (Å²) < 4.78 is 38.5. The first-order chi connectivity index (χ1) is 7.04. The van der Waals surface area contributed by atoms with Crippen molar-refractivity contribution in [3.05, 3.63) is 47.8 Å². The molecular formula is C11H12F3N. The van der Waals surface area contributed by atoms with Gasteiger partial charge in [-0.15, -0.1) is 6.58 Å². The Bertz CT molecular complexity index is 363. The number of benzene rings is 1. The summed E-state index contributed by atoms with van der Waals surface area (Å²) in [5.74, 6) is -3.01. The molecule has 0 aliphatic heterocycles. The van der Waals surface area contributed by atoms with E-state index in [1.165, 1.54) is 0 Å². The molecule has 1 rings (SSSR count). The molecule has 0 bridgehead atoms. The fourth-order valence-electron chi connectivity index (χ4n) is 1.30. The normalized spacial score (nSPS) is 12.5. The fraction of sp³-hybridized carbons (Fsp3) is 0.273. The van der Waals surface area contributed by atoms with Crippen molar-refractivity contribution in [1.29, 1.82) is 0 Å². The molecule has 1 nitrogen and oxygen atoms in total. The van der Waals surface area contributed by atoms with Crippen LogP contribution in [0.4, 0.5) is 13.2 Å². The van der Waals surface area contributed by atoms with Gasteiger partial charge in [0.25, 0.3) is 0 Å². The van der Waals surface area contributed by atoms with Crippen LogP contribution in [-0.4, -0.2) is 6.04 Å². The quantitative estimate of drug-likeness (QED) is 0.606. The van der Waals surface area contributed by atoms with Gasteiger partial charge in [-0.25, -0.2) is 13.2 Å². The van der Waals surface area contributed by atoms with Gasteiger partial charge < -0.3 is 5.73 Å². The van der Waals surface area contributed by atoms with Gasteiger partial charge in [0, 0.05) is 12.1 Å². The van der Waals surface area contributed by atoms with E-state index in [9.17, 15) is 13.2 Å². The van der Waals surface area contributed by atoms with Crippen molar-refractivity contribution in [2.75, 3.05) is 0 Å². The van der Waals surface area contributed by atoms with Crippen LogP contribution in [0.3, 0.4) is 0 Å². The first-order valence-corrected chi connectivity index (χ1v) is 4.54. The van der Waals surface area contributed by atoms with E-state index in [0.717, 1.165) is 6.07 Å². The minimum absolute atomic E-state index is 0.0863. The van der Waals surface area contributed by atoms with Crippen LogP contribution in [0.1, 0.15) is 12.0 Å². The van der Waals surface area contributed by atoms with Gasteiger partial charge in [0.05, 0.1) is 0 Å². The van der Waals surface area contributed by atoms with Crippen molar-refractivity contribution in [2.45, 2.75) is 18.9 Å². The number of hydrogen-bond donors (Lipinski definition) is 1. The highest BCUT2D eigenvalue weighted by molar-refractivity contribution is 5.21. The molecule has 1 aromatic carbocycles. The second-order valence-electron chi connectivity index (χ2n) is 3.35. The summed E-state index contributed by atoms with van der Waals surface area (Å²) in [7, 11) is 0. The van der Waals surface area contributed by atoms with Gasteiger partial charge in [-0.1, -0.05) is 6.08 Å². The summed E-state index contributed by atoms with van der Waals surface area (Å²) in [5.41, 5.74) is 5.71. The van der Waals surface area contributed by atoms with Gasteiger partial charge in [0.15, 0.2) is 11.6 Å². The predicted molar refractivity (Wildman–Crippen MR) is 52.8 cm³/mol. The molecule has 0 saturated heterocycles. The third kappa shape index (κ3) is 3.09. The van der Waals surface area contributed by atoms with E-state index >= 15 is 0 Å².